The van der Waals surface area contributed by atoms with Crippen LogP contribution in [-0.2, 0) is 16.6 Å². The fraction of sp³-hybridized carbons (Fsp3) is 0.200. The molecule has 4 rings (SSSR count). The molecule has 0 saturated carbocycles. The van der Waals surface area contributed by atoms with Gasteiger partial charge in [0.1, 0.15) is 0 Å². The molecule has 0 fully saturated rings. The van der Waals surface area contributed by atoms with Crippen LogP contribution in [-0.4, -0.2) is 27.4 Å². The number of hydrogen-bond acceptors (Lipinski definition) is 6. The summed E-state index contributed by atoms with van der Waals surface area (Å²) in [4.78, 5) is 30.8. The third-order valence-electron chi connectivity index (χ3n) is 4.56. The molecule has 1 aromatic carbocycles. The first-order valence-electron chi connectivity index (χ1n) is 8.64. The first-order chi connectivity index (χ1) is 13.5. The van der Waals surface area contributed by atoms with Gasteiger partial charge in [-0.05, 0) is 18.6 Å². The average molecular weight is 394 g/mol. The Labute approximate surface area is 164 Å². The van der Waals surface area contributed by atoms with Gasteiger partial charge in [-0.3, -0.25) is 14.0 Å². The summed E-state index contributed by atoms with van der Waals surface area (Å²) in [7, 11) is 3.15. The summed E-state index contributed by atoms with van der Waals surface area (Å²) < 4.78 is 8.76. The first-order valence-corrected chi connectivity index (χ1v) is 9.45. The summed E-state index contributed by atoms with van der Waals surface area (Å²) in [5.41, 5.74) is 2.37. The number of carbonyl (C=O) groups excluding carboxylic acids is 1. The van der Waals surface area contributed by atoms with Crippen molar-refractivity contribution in [2.24, 2.45) is 12.0 Å². The SMILES string of the molecule is COC(=O)C1=C(C)N=c2s/c(=C/c3cnn(C)c3)c(=O)n2C1c1ccccc1. The van der Waals surface area contributed by atoms with Gasteiger partial charge in [0.15, 0.2) is 4.80 Å². The molecule has 1 unspecified atom stereocenters. The van der Waals surface area contributed by atoms with E-state index in [1.165, 1.54) is 18.4 Å². The lowest BCUT2D eigenvalue weighted by molar-refractivity contribution is -0.136. The van der Waals surface area contributed by atoms with Gasteiger partial charge in [-0.15, -0.1) is 0 Å². The third kappa shape index (κ3) is 3.01. The lowest BCUT2D eigenvalue weighted by Gasteiger charge is -2.24. The molecule has 142 valence electrons. The zero-order valence-corrected chi connectivity index (χ0v) is 16.4. The number of esters is 1. The smallest absolute Gasteiger partial charge is 0.338 e. The molecule has 3 aromatic rings. The standard InChI is InChI=1S/C20H18N4O3S/c1-12-16(19(26)27-3)17(14-7-5-4-6-8-14)24-18(25)15(28-20(24)22-12)9-13-10-21-23(2)11-13/h4-11,17H,1-3H3/b15-9+. The molecule has 0 saturated heterocycles. The molecule has 0 spiro atoms. The minimum absolute atomic E-state index is 0.199. The number of methoxy groups -OCH3 is 1. The molecule has 8 heteroatoms. The van der Waals surface area contributed by atoms with Crippen molar-refractivity contribution in [1.29, 1.82) is 0 Å². The minimum atomic E-state index is -0.582. The maximum Gasteiger partial charge on any atom is 0.338 e. The lowest BCUT2D eigenvalue weighted by Crippen LogP contribution is -2.39. The van der Waals surface area contributed by atoms with Gasteiger partial charge in [-0.25, -0.2) is 9.79 Å². The highest BCUT2D eigenvalue weighted by molar-refractivity contribution is 7.07. The number of allylic oxidation sites excluding steroid dienone is 1. The van der Waals surface area contributed by atoms with Gasteiger partial charge in [0.2, 0.25) is 0 Å². The molecular weight excluding hydrogens is 376 g/mol. The van der Waals surface area contributed by atoms with Crippen LogP contribution in [0.25, 0.3) is 6.08 Å². The number of hydrogen-bond donors (Lipinski definition) is 0. The number of aryl methyl sites for hydroxylation is 1. The summed E-state index contributed by atoms with van der Waals surface area (Å²) in [5, 5.41) is 4.13. The Morgan fingerprint density at radius 3 is 2.68 bits per heavy atom. The molecule has 0 radical (unpaired) electrons. The summed E-state index contributed by atoms with van der Waals surface area (Å²) in [5.74, 6) is -0.489. The molecule has 1 aliphatic heterocycles. The molecule has 0 amide bonds. The fourth-order valence-electron chi connectivity index (χ4n) is 3.31. The number of thiazole rings is 1. The number of nitrogens with zero attached hydrogens (tertiary/aromatic N) is 4. The predicted octanol–water partition coefficient (Wildman–Crippen LogP) is 1.14. The molecule has 7 nitrogen and oxygen atoms in total. The molecule has 0 N–H and O–H groups in total. The van der Waals surface area contributed by atoms with E-state index in [1.807, 2.05) is 43.6 Å². The summed E-state index contributed by atoms with van der Waals surface area (Å²) in [6.07, 6.45) is 5.31. The van der Waals surface area contributed by atoms with Crippen LogP contribution in [0.2, 0.25) is 0 Å². The monoisotopic (exact) mass is 394 g/mol. The second-order valence-corrected chi connectivity index (χ2v) is 7.44. The van der Waals surface area contributed by atoms with Gasteiger partial charge in [-0.1, -0.05) is 41.7 Å². The van der Waals surface area contributed by atoms with Crippen molar-refractivity contribution in [3.8, 4) is 0 Å². The van der Waals surface area contributed by atoms with Crippen LogP contribution in [0.4, 0.5) is 0 Å². The number of benzene rings is 1. The van der Waals surface area contributed by atoms with E-state index in [9.17, 15) is 9.59 Å². The highest BCUT2D eigenvalue weighted by atomic mass is 32.1. The molecule has 1 aliphatic rings. The van der Waals surface area contributed by atoms with Gasteiger partial charge < -0.3 is 4.74 Å². The molecule has 0 aliphatic carbocycles. The first kappa shape index (κ1) is 18.1. The second-order valence-electron chi connectivity index (χ2n) is 6.43. The Kier molecular flexibility index (Phi) is 4.56. The molecule has 1 atom stereocenters. The fourth-order valence-corrected chi connectivity index (χ4v) is 4.36. The largest absolute Gasteiger partial charge is 0.466 e. The van der Waals surface area contributed by atoms with Crippen molar-refractivity contribution < 1.29 is 9.53 Å². The molecular formula is C20H18N4O3S. The van der Waals surface area contributed by atoms with Crippen molar-refractivity contribution in [3.63, 3.8) is 0 Å². The van der Waals surface area contributed by atoms with E-state index < -0.39 is 12.0 Å². The zero-order valence-electron chi connectivity index (χ0n) is 15.6. The molecule has 3 heterocycles. The van der Waals surface area contributed by atoms with E-state index in [-0.39, 0.29) is 5.56 Å². The predicted molar refractivity (Wildman–Crippen MR) is 105 cm³/mol. The maximum atomic E-state index is 13.3. The average Bonchev–Trinajstić information content (AvgIpc) is 3.24. The van der Waals surface area contributed by atoms with Crippen molar-refractivity contribution in [1.82, 2.24) is 14.3 Å². The van der Waals surface area contributed by atoms with Gasteiger partial charge in [0.25, 0.3) is 5.56 Å². The van der Waals surface area contributed by atoms with E-state index in [1.54, 1.807) is 28.4 Å². The van der Waals surface area contributed by atoms with Crippen LogP contribution in [0.3, 0.4) is 0 Å². The zero-order chi connectivity index (χ0) is 19.8. The Morgan fingerprint density at radius 1 is 1.29 bits per heavy atom. The van der Waals surface area contributed by atoms with Crippen LogP contribution in [0.15, 0.2) is 63.8 Å². The number of carbonyl (C=O) groups is 1. The van der Waals surface area contributed by atoms with E-state index in [0.717, 1.165) is 11.1 Å². The topological polar surface area (TPSA) is 78.5 Å². The van der Waals surface area contributed by atoms with Crippen molar-refractivity contribution in [2.45, 2.75) is 13.0 Å². The van der Waals surface area contributed by atoms with E-state index >= 15 is 0 Å². The molecule has 2 aromatic heterocycles. The second kappa shape index (κ2) is 7.05. The maximum absolute atomic E-state index is 13.3. The van der Waals surface area contributed by atoms with Crippen LogP contribution >= 0.6 is 11.3 Å². The molecule has 0 bridgehead atoms. The number of fused-ring (bicyclic) bond motifs is 1. The lowest BCUT2D eigenvalue weighted by atomic mass is 9.96. The van der Waals surface area contributed by atoms with Crippen LogP contribution in [0.5, 0.6) is 0 Å². The van der Waals surface area contributed by atoms with Crippen LogP contribution in [0, 0.1) is 0 Å². The van der Waals surface area contributed by atoms with Crippen molar-refractivity contribution in [2.75, 3.05) is 7.11 Å². The Balaban J connectivity index is 1.99. The van der Waals surface area contributed by atoms with Crippen molar-refractivity contribution >= 4 is 23.4 Å². The number of ether oxygens (including phenoxy) is 1. The van der Waals surface area contributed by atoms with E-state index in [0.29, 0.717) is 20.6 Å². The third-order valence-corrected chi connectivity index (χ3v) is 5.55. The highest BCUT2D eigenvalue weighted by Gasteiger charge is 2.32. The normalized spacial score (nSPS) is 16.7. The van der Waals surface area contributed by atoms with E-state index in [2.05, 4.69) is 10.1 Å². The number of aromatic nitrogens is 3. The quantitative estimate of drug-likeness (QED) is 0.624. The van der Waals surface area contributed by atoms with Crippen molar-refractivity contribution in [3.05, 3.63) is 84.8 Å². The van der Waals surface area contributed by atoms with Gasteiger partial charge >= 0.3 is 5.97 Å². The van der Waals surface area contributed by atoms with Gasteiger partial charge in [-0.2, -0.15) is 5.10 Å². The summed E-state index contributed by atoms with van der Waals surface area (Å²) in [6.45, 7) is 1.76. The summed E-state index contributed by atoms with van der Waals surface area (Å²) in [6, 6.07) is 8.86. The summed E-state index contributed by atoms with van der Waals surface area (Å²) >= 11 is 1.29. The Hall–Kier alpha value is -3.26. The van der Waals surface area contributed by atoms with Crippen LogP contribution < -0.4 is 14.9 Å². The number of rotatable bonds is 3. The molecule has 28 heavy (non-hydrogen) atoms. The van der Waals surface area contributed by atoms with Gasteiger partial charge in [0.05, 0.1) is 35.2 Å². The Bertz CT molecular complexity index is 1260. The van der Waals surface area contributed by atoms with Gasteiger partial charge in [0, 0.05) is 18.8 Å². The Morgan fingerprint density at radius 2 is 2.04 bits per heavy atom. The highest BCUT2D eigenvalue weighted by Crippen LogP contribution is 2.30. The van der Waals surface area contributed by atoms with E-state index in [4.69, 9.17) is 4.74 Å². The minimum Gasteiger partial charge on any atom is -0.466 e. The van der Waals surface area contributed by atoms with Crippen LogP contribution in [0.1, 0.15) is 24.1 Å².